The van der Waals surface area contributed by atoms with Crippen molar-refractivity contribution >= 4 is 17.5 Å². The number of nitrogens with two attached hydrogens (primary N) is 1. The minimum atomic E-state index is -0.130. The van der Waals surface area contributed by atoms with Crippen LogP contribution in [0.5, 0.6) is 0 Å². The Balaban J connectivity index is 1.91. The Morgan fingerprint density at radius 3 is 2.85 bits per heavy atom. The standard InChI is InChI=1S/C15H16ClN3O/c16-14-4-2-1-3-11(14)5-8-19-15(20)12-6-7-18-13(9-12)10-17/h1-4,6-7,9H,5,8,10,17H2,(H,19,20). The summed E-state index contributed by atoms with van der Waals surface area (Å²) in [4.78, 5) is 16.0. The number of halogens is 1. The van der Waals surface area contributed by atoms with E-state index < -0.39 is 0 Å². The van der Waals surface area contributed by atoms with E-state index in [1.54, 1.807) is 18.3 Å². The zero-order valence-corrected chi connectivity index (χ0v) is 11.7. The third kappa shape index (κ3) is 3.79. The molecule has 0 aliphatic heterocycles. The molecule has 0 unspecified atom stereocenters. The highest BCUT2D eigenvalue weighted by atomic mass is 35.5. The van der Waals surface area contributed by atoms with E-state index in [1.165, 1.54) is 0 Å². The minimum absolute atomic E-state index is 0.130. The first-order valence-electron chi connectivity index (χ1n) is 6.37. The molecule has 0 aliphatic rings. The second-order valence-corrected chi connectivity index (χ2v) is 4.74. The summed E-state index contributed by atoms with van der Waals surface area (Å²) in [7, 11) is 0. The molecule has 2 aromatic rings. The van der Waals surface area contributed by atoms with Gasteiger partial charge in [0.1, 0.15) is 0 Å². The van der Waals surface area contributed by atoms with Gasteiger partial charge in [-0.3, -0.25) is 9.78 Å². The fraction of sp³-hybridized carbons (Fsp3) is 0.200. The summed E-state index contributed by atoms with van der Waals surface area (Å²) in [6.07, 6.45) is 2.28. The highest BCUT2D eigenvalue weighted by Gasteiger charge is 2.06. The Kier molecular flexibility index (Phi) is 5.09. The molecule has 0 fully saturated rings. The molecule has 20 heavy (non-hydrogen) atoms. The largest absolute Gasteiger partial charge is 0.352 e. The van der Waals surface area contributed by atoms with Crippen LogP contribution in [-0.4, -0.2) is 17.4 Å². The van der Waals surface area contributed by atoms with Gasteiger partial charge in [-0.1, -0.05) is 29.8 Å². The van der Waals surface area contributed by atoms with Crippen molar-refractivity contribution in [1.29, 1.82) is 0 Å². The summed E-state index contributed by atoms with van der Waals surface area (Å²) in [6, 6.07) is 11.0. The summed E-state index contributed by atoms with van der Waals surface area (Å²) >= 11 is 6.06. The molecular formula is C15H16ClN3O. The van der Waals surface area contributed by atoms with Crippen molar-refractivity contribution < 1.29 is 4.79 Å². The van der Waals surface area contributed by atoms with E-state index in [9.17, 15) is 4.79 Å². The minimum Gasteiger partial charge on any atom is -0.352 e. The maximum absolute atomic E-state index is 12.0. The van der Waals surface area contributed by atoms with E-state index in [0.29, 0.717) is 30.8 Å². The lowest BCUT2D eigenvalue weighted by atomic mass is 10.1. The maximum Gasteiger partial charge on any atom is 0.251 e. The summed E-state index contributed by atoms with van der Waals surface area (Å²) in [5.41, 5.74) is 7.79. The SMILES string of the molecule is NCc1cc(C(=O)NCCc2ccccc2Cl)ccn1. The number of amides is 1. The van der Waals surface area contributed by atoms with Gasteiger partial charge in [0.15, 0.2) is 0 Å². The lowest BCUT2D eigenvalue weighted by Gasteiger charge is -2.07. The van der Waals surface area contributed by atoms with Gasteiger partial charge >= 0.3 is 0 Å². The number of carbonyl (C=O) groups excluding carboxylic acids is 1. The van der Waals surface area contributed by atoms with E-state index in [0.717, 1.165) is 10.6 Å². The van der Waals surface area contributed by atoms with E-state index in [1.807, 2.05) is 24.3 Å². The van der Waals surface area contributed by atoms with Crippen molar-refractivity contribution in [3.63, 3.8) is 0 Å². The lowest BCUT2D eigenvalue weighted by molar-refractivity contribution is 0.0954. The van der Waals surface area contributed by atoms with E-state index in [4.69, 9.17) is 17.3 Å². The number of carbonyl (C=O) groups is 1. The monoisotopic (exact) mass is 289 g/mol. The molecule has 4 nitrogen and oxygen atoms in total. The number of benzene rings is 1. The van der Waals surface area contributed by atoms with Gasteiger partial charge in [0.25, 0.3) is 5.91 Å². The fourth-order valence-corrected chi connectivity index (χ4v) is 2.08. The van der Waals surface area contributed by atoms with Gasteiger partial charge in [-0.15, -0.1) is 0 Å². The third-order valence-corrected chi connectivity index (χ3v) is 3.29. The predicted molar refractivity (Wildman–Crippen MR) is 79.6 cm³/mol. The number of hydrogen-bond acceptors (Lipinski definition) is 3. The number of nitrogens with zero attached hydrogens (tertiary/aromatic N) is 1. The maximum atomic E-state index is 12.0. The van der Waals surface area contributed by atoms with E-state index >= 15 is 0 Å². The number of aromatic nitrogens is 1. The Morgan fingerprint density at radius 1 is 1.30 bits per heavy atom. The number of hydrogen-bond donors (Lipinski definition) is 2. The molecule has 0 saturated heterocycles. The molecule has 1 amide bonds. The summed E-state index contributed by atoms with van der Waals surface area (Å²) in [6.45, 7) is 0.851. The van der Waals surface area contributed by atoms with Crippen molar-refractivity contribution in [2.75, 3.05) is 6.54 Å². The molecule has 2 rings (SSSR count). The molecule has 104 valence electrons. The predicted octanol–water partition coefficient (Wildman–Crippen LogP) is 2.17. The van der Waals surface area contributed by atoms with Crippen LogP contribution in [-0.2, 0) is 13.0 Å². The fourth-order valence-electron chi connectivity index (χ4n) is 1.84. The number of nitrogens with one attached hydrogen (secondary N) is 1. The van der Waals surface area contributed by atoms with E-state index in [-0.39, 0.29) is 5.91 Å². The van der Waals surface area contributed by atoms with Gasteiger partial charge in [0, 0.05) is 29.9 Å². The zero-order valence-electron chi connectivity index (χ0n) is 11.0. The van der Waals surface area contributed by atoms with Crippen molar-refractivity contribution in [2.24, 2.45) is 5.73 Å². The quantitative estimate of drug-likeness (QED) is 0.886. The van der Waals surface area contributed by atoms with Crippen molar-refractivity contribution in [3.05, 3.63) is 64.4 Å². The van der Waals surface area contributed by atoms with Gasteiger partial charge in [-0.05, 0) is 30.2 Å². The molecule has 0 aliphatic carbocycles. The highest BCUT2D eigenvalue weighted by Crippen LogP contribution is 2.14. The molecule has 5 heteroatoms. The van der Waals surface area contributed by atoms with Crippen molar-refractivity contribution in [3.8, 4) is 0 Å². The zero-order chi connectivity index (χ0) is 14.4. The highest BCUT2D eigenvalue weighted by molar-refractivity contribution is 6.31. The average Bonchev–Trinajstić information content (AvgIpc) is 2.49. The first-order valence-corrected chi connectivity index (χ1v) is 6.75. The van der Waals surface area contributed by atoms with Gasteiger partial charge in [0.05, 0.1) is 5.69 Å². The molecule has 0 spiro atoms. The Hall–Kier alpha value is -1.91. The first-order chi connectivity index (χ1) is 9.70. The second-order valence-electron chi connectivity index (χ2n) is 4.34. The first kappa shape index (κ1) is 14.5. The summed E-state index contributed by atoms with van der Waals surface area (Å²) in [5.74, 6) is -0.130. The molecular weight excluding hydrogens is 274 g/mol. The van der Waals surface area contributed by atoms with Crippen LogP contribution in [0.25, 0.3) is 0 Å². The van der Waals surface area contributed by atoms with E-state index in [2.05, 4.69) is 10.3 Å². The smallest absolute Gasteiger partial charge is 0.251 e. The molecule has 1 aromatic heterocycles. The average molecular weight is 290 g/mol. The van der Waals surface area contributed by atoms with Crippen LogP contribution in [0, 0.1) is 0 Å². The molecule has 1 aromatic carbocycles. The molecule has 1 heterocycles. The summed E-state index contributed by atoms with van der Waals surface area (Å²) < 4.78 is 0. The van der Waals surface area contributed by atoms with Gasteiger partial charge in [0.2, 0.25) is 0 Å². The molecule has 0 atom stereocenters. The molecule has 0 radical (unpaired) electrons. The summed E-state index contributed by atoms with van der Waals surface area (Å²) in [5, 5.41) is 3.58. The van der Waals surface area contributed by atoms with Crippen LogP contribution in [0.1, 0.15) is 21.6 Å². The number of rotatable bonds is 5. The molecule has 0 saturated carbocycles. The van der Waals surface area contributed by atoms with Crippen molar-refractivity contribution in [1.82, 2.24) is 10.3 Å². The van der Waals surface area contributed by atoms with Crippen LogP contribution < -0.4 is 11.1 Å². The second kappa shape index (κ2) is 7.03. The topological polar surface area (TPSA) is 68.0 Å². The molecule has 0 bridgehead atoms. The Morgan fingerprint density at radius 2 is 2.10 bits per heavy atom. The van der Waals surface area contributed by atoms with Gasteiger partial charge in [-0.25, -0.2) is 0 Å². The Bertz CT molecular complexity index is 601. The van der Waals surface area contributed by atoms with Crippen LogP contribution in [0.2, 0.25) is 5.02 Å². The number of pyridine rings is 1. The van der Waals surface area contributed by atoms with Gasteiger partial charge < -0.3 is 11.1 Å². The Labute approximate surface area is 123 Å². The van der Waals surface area contributed by atoms with Crippen LogP contribution in [0.15, 0.2) is 42.6 Å². The van der Waals surface area contributed by atoms with Crippen molar-refractivity contribution in [2.45, 2.75) is 13.0 Å². The van der Waals surface area contributed by atoms with Gasteiger partial charge in [-0.2, -0.15) is 0 Å². The lowest BCUT2D eigenvalue weighted by Crippen LogP contribution is -2.26. The van der Waals surface area contributed by atoms with Crippen LogP contribution >= 0.6 is 11.6 Å². The normalized spacial score (nSPS) is 10.3. The third-order valence-electron chi connectivity index (χ3n) is 2.93. The van der Waals surface area contributed by atoms with Crippen LogP contribution in [0.3, 0.4) is 0 Å². The molecule has 3 N–H and O–H groups in total. The van der Waals surface area contributed by atoms with Crippen LogP contribution in [0.4, 0.5) is 0 Å².